The maximum absolute atomic E-state index is 13.2. The Bertz CT molecular complexity index is 644. The van der Waals surface area contributed by atoms with Crippen LogP contribution in [0.5, 0.6) is 11.5 Å². The van der Waals surface area contributed by atoms with Gasteiger partial charge in [0.2, 0.25) is 0 Å². The lowest BCUT2D eigenvalue weighted by Crippen LogP contribution is -2.24. The van der Waals surface area contributed by atoms with Gasteiger partial charge in [-0.05, 0) is 24.3 Å². The van der Waals surface area contributed by atoms with E-state index in [2.05, 4.69) is 24.3 Å². The van der Waals surface area contributed by atoms with Crippen LogP contribution >= 0.6 is 29.3 Å². The van der Waals surface area contributed by atoms with Gasteiger partial charge in [0.15, 0.2) is 0 Å². The minimum Gasteiger partial charge on any atom is -0.405 e. The first-order valence-electron chi connectivity index (χ1n) is 8.90. The number of hydrogen-bond donors (Lipinski definition) is 2. The Morgan fingerprint density at radius 2 is 1.33 bits per heavy atom. The van der Waals surface area contributed by atoms with E-state index < -0.39 is 7.75 Å². The fraction of sp³-hybridized carbons (Fsp3) is 0.368. The molecular formula is C19H27N2O3PS2. The summed E-state index contributed by atoms with van der Waals surface area (Å²) < 4.78 is 24.5. The number of para-hydroxylation sites is 2. The molecule has 0 bridgehead atoms. The van der Waals surface area contributed by atoms with Crippen LogP contribution in [0.2, 0.25) is 0 Å². The predicted octanol–water partition coefficient (Wildman–Crippen LogP) is 5.22. The molecule has 0 fully saturated rings. The van der Waals surface area contributed by atoms with Crippen LogP contribution in [0, 0.1) is 0 Å². The highest BCUT2D eigenvalue weighted by molar-refractivity contribution is 8.76. The van der Waals surface area contributed by atoms with Crippen molar-refractivity contribution in [2.45, 2.75) is 19.9 Å². The average molecular weight is 427 g/mol. The van der Waals surface area contributed by atoms with Crippen LogP contribution in [-0.2, 0) is 4.57 Å². The molecule has 0 spiro atoms. The second-order valence-electron chi connectivity index (χ2n) is 5.97. The van der Waals surface area contributed by atoms with Gasteiger partial charge in [-0.1, -0.05) is 71.8 Å². The first kappa shape index (κ1) is 22.2. The van der Waals surface area contributed by atoms with E-state index in [0.717, 1.165) is 18.1 Å². The van der Waals surface area contributed by atoms with Crippen molar-refractivity contribution >= 4 is 29.3 Å². The lowest BCUT2D eigenvalue weighted by molar-refractivity contribution is 0.372. The number of nitrogens with one attached hydrogen (secondary N) is 2. The topological polar surface area (TPSA) is 59.6 Å². The lowest BCUT2D eigenvalue weighted by Gasteiger charge is -2.20. The molecule has 2 aromatic carbocycles. The van der Waals surface area contributed by atoms with Crippen molar-refractivity contribution in [3.63, 3.8) is 0 Å². The van der Waals surface area contributed by atoms with E-state index in [0.29, 0.717) is 24.1 Å². The third-order valence-corrected chi connectivity index (χ3v) is 7.17. The quantitative estimate of drug-likeness (QED) is 0.259. The van der Waals surface area contributed by atoms with Crippen LogP contribution in [-0.4, -0.2) is 30.6 Å². The molecule has 0 radical (unpaired) electrons. The monoisotopic (exact) mass is 426 g/mol. The van der Waals surface area contributed by atoms with E-state index in [1.807, 2.05) is 36.4 Å². The van der Waals surface area contributed by atoms with Gasteiger partial charge in [-0.2, -0.15) is 0 Å². The average Bonchev–Trinajstić information content (AvgIpc) is 2.65. The van der Waals surface area contributed by atoms with Crippen LogP contribution in [0.3, 0.4) is 0 Å². The molecule has 2 rings (SSSR count). The molecule has 0 saturated heterocycles. The molecule has 5 nitrogen and oxygen atoms in total. The Kier molecular flexibility index (Phi) is 10.2. The van der Waals surface area contributed by atoms with Crippen molar-refractivity contribution in [3.05, 3.63) is 60.7 Å². The van der Waals surface area contributed by atoms with Gasteiger partial charge in [-0.25, -0.2) is 9.65 Å². The maximum Gasteiger partial charge on any atom is 0.512 e. The molecule has 0 aromatic heterocycles. The molecule has 2 aromatic rings. The highest BCUT2D eigenvalue weighted by Crippen LogP contribution is 2.44. The molecule has 0 aliphatic rings. The van der Waals surface area contributed by atoms with Gasteiger partial charge in [-0.3, -0.25) is 0 Å². The molecule has 0 aliphatic carbocycles. The summed E-state index contributed by atoms with van der Waals surface area (Å²) in [4.78, 5) is 0. The molecule has 0 amide bonds. The number of rotatable bonds is 13. The van der Waals surface area contributed by atoms with E-state index in [9.17, 15) is 4.57 Å². The molecule has 0 heterocycles. The SMILES string of the molecule is CC(C)NCCSSCCNP(=O)(Oc1ccccc1)Oc1ccccc1. The molecule has 0 saturated carbocycles. The second-order valence-corrected chi connectivity index (χ2v) is 10.3. The minimum atomic E-state index is -3.52. The smallest absolute Gasteiger partial charge is 0.405 e. The summed E-state index contributed by atoms with van der Waals surface area (Å²) >= 11 is 0. The van der Waals surface area contributed by atoms with Gasteiger partial charge in [0.25, 0.3) is 0 Å². The van der Waals surface area contributed by atoms with Crippen LogP contribution in [0.25, 0.3) is 0 Å². The van der Waals surface area contributed by atoms with E-state index in [1.54, 1.807) is 45.9 Å². The van der Waals surface area contributed by atoms with E-state index >= 15 is 0 Å². The summed E-state index contributed by atoms with van der Waals surface area (Å²) in [6, 6.07) is 18.6. The predicted molar refractivity (Wildman–Crippen MR) is 118 cm³/mol. The number of hydrogen-bond acceptors (Lipinski definition) is 6. The van der Waals surface area contributed by atoms with Gasteiger partial charge < -0.3 is 14.4 Å². The van der Waals surface area contributed by atoms with Crippen LogP contribution in [0.15, 0.2) is 60.7 Å². The second kappa shape index (κ2) is 12.4. The lowest BCUT2D eigenvalue weighted by atomic mass is 10.3. The fourth-order valence-electron chi connectivity index (χ4n) is 2.05. The van der Waals surface area contributed by atoms with Crippen molar-refractivity contribution < 1.29 is 13.6 Å². The summed E-state index contributed by atoms with van der Waals surface area (Å²) in [6.45, 7) is 5.78. The minimum absolute atomic E-state index is 0.506. The zero-order chi connectivity index (χ0) is 19.4. The fourth-order valence-corrected chi connectivity index (χ4v) is 5.39. The van der Waals surface area contributed by atoms with Gasteiger partial charge in [0.05, 0.1) is 0 Å². The first-order chi connectivity index (χ1) is 13.1. The summed E-state index contributed by atoms with van der Waals surface area (Å²) in [7, 11) is 0.0143. The van der Waals surface area contributed by atoms with Gasteiger partial charge >= 0.3 is 7.75 Å². The van der Waals surface area contributed by atoms with Crippen molar-refractivity contribution in [3.8, 4) is 11.5 Å². The Morgan fingerprint density at radius 1 is 0.852 bits per heavy atom. The molecule has 8 heteroatoms. The largest absolute Gasteiger partial charge is 0.512 e. The Hall–Kier alpha value is -1.11. The zero-order valence-electron chi connectivity index (χ0n) is 15.7. The molecule has 0 aliphatic heterocycles. The third-order valence-electron chi connectivity index (χ3n) is 3.25. The Morgan fingerprint density at radius 3 is 1.81 bits per heavy atom. The van der Waals surface area contributed by atoms with Crippen LogP contribution in [0.4, 0.5) is 0 Å². The molecule has 0 atom stereocenters. The Labute approximate surface area is 170 Å². The standard InChI is InChI=1S/C19H27N2O3PS2/c1-17(2)20-13-15-26-27-16-14-21-25(22,23-18-9-5-3-6-10-18)24-19-11-7-4-8-12-19/h3-12,17,20H,13-16H2,1-2H3,(H,21,22). The van der Waals surface area contributed by atoms with Gasteiger partial charge in [0, 0.05) is 30.6 Å². The number of benzene rings is 2. The van der Waals surface area contributed by atoms with Gasteiger partial charge in [0.1, 0.15) is 11.5 Å². The first-order valence-corrected chi connectivity index (χ1v) is 12.9. The van der Waals surface area contributed by atoms with Gasteiger partial charge in [-0.15, -0.1) is 0 Å². The van der Waals surface area contributed by atoms with E-state index in [4.69, 9.17) is 9.05 Å². The molecule has 0 unspecified atom stereocenters. The van der Waals surface area contributed by atoms with Crippen molar-refractivity contribution in [2.75, 3.05) is 24.6 Å². The summed E-state index contributed by atoms with van der Waals surface area (Å²) in [6.07, 6.45) is 0. The third kappa shape index (κ3) is 9.58. The van der Waals surface area contributed by atoms with Crippen molar-refractivity contribution in [1.82, 2.24) is 10.4 Å². The van der Waals surface area contributed by atoms with E-state index in [-0.39, 0.29) is 0 Å². The molecular weight excluding hydrogens is 399 g/mol. The summed E-state index contributed by atoms with van der Waals surface area (Å²) in [5.41, 5.74) is 0. The van der Waals surface area contributed by atoms with Crippen LogP contribution in [0.1, 0.15) is 13.8 Å². The highest BCUT2D eigenvalue weighted by Gasteiger charge is 2.27. The van der Waals surface area contributed by atoms with Crippen LogP contribution < -0.4 is 19.5 Å². The molecule has 148 valence electrons. The normalized spacial score (nSPS) is 11.5. The van der Waals surface area contributed by atoms with Crippen molar-refractivity contribution in [2.24, 2.45) is 0 Å². The summed E-state index contributed by atoms with van der Waals surface area (Å²) in [5.74, 6) is 2.84. The van der Waals surface area contributed by atoms with Crippen molar-refractivity contribution in [1.29, 1.82) is 0 Å². The maximum atomic E-state index is 13.2. The highest BCUT2D eigenvalue weighted by atomic mass is 33.1. The van der Waals surface area contributed by atoms with E-state index in [1.165, 1.54) is 0 Å². The Balaban J connectivity index is 1.82. The zero-order valence-corrected chi connectivity index (χ0v) is 18.2. The summed E-state index contributed by atoms with van der Waals surface area (Å²) in [5, 5.41) is 6.34. The molecule has 27 heavy (non-hydrogen) atoms. The molecule has 2 N–H and O–H groups in total.